The Hall–Kier alpha value is -0.160. The summed E-state index contributed by atoms with van der Waals surface area (Å²) >= 11 is 0. The SMILES string of the molecule is CC1(C)CC(O)CN1CCN1CCOCC1. The molecule has 0 aliphatic carbocycles. The van der Waals surface area contributed by atoms with Crippen LogP contribution in [0, 0.1) is 0 Å². The van der Waals surface area contributed by atoms with Gasteiger partial charge in [0.1, 0.15) is 0 Å². The number of likely N-dealkylation sites (tertiary alicyclic amines) is 1. The van der Waals surface area contributed by atoms with Crippen LogP contribution < -0.4 is 0 Å². The van der Waals surface area contributed by atoms with Crippen molar-refractivity contribution in [2.75, 3.05) is 45.9 Å². The summed E-state index contributed by atoms with van der Waals surface area (Å²) in [5.41, 5.74) is 0.158. The van der Waals surface area contributed by atoms with Gasteiger partial charge in [0.15, 0.2) is 0 Å². The molecule has 2 heterocycles. The molecule has 1 N–H and O–H groups in total. The van der Waals surface area contributed by atoms with Gasteiger partial charge in [0.05, 0.1) is 19.3 Å². The number of aliphatic hydroxyl groups excluding tert-OH is 1. The molecule has 2 rings (SSSR count). The molecule has 0 saturated carbocycles. The molecule has 0 aromatic rings. The molecule has 0 spiro atoms. The molecule has 2 fully saturated rings. The predicted octanol–water partition coefficient (Wildman–Crippen LogP) is 0.164. The van der Waals surface area contributed by atoms with Gasteiger partial charge < -0.3 is 9.84 Å². The number of rotatable bonds is 3. The van der Waals surface area contributed by atoms with E-state index >= 15 is 0 Å². The monoisotopic (exact) mass is 228 g/mol. The van der Waals surface area contributed by atoms with Gasteiger partial charge in [-0.15, -0.1) is 0 Å². The zero-order chi connectivity index (χ0) is 11.6. The number of morpholine rings is 1. The van der Waals surface area contributed by atoms with Crippen LogP contribution in [0.15, 0.2) is 0 Å². The Bertz CT molecular complexity index is 227. The van der Waals surface area contributed by atoms with E-state index in [4.69, 9.17) is 4.74 Å². The summed E-state index contributed by atoms with van der Waals surface area (Å²) in [6.45, 7) is 11.3. The van der Waals surface area contributed by atoms with Crippen molar-refractivity contribution >= 4 is 0 Å². The maximum absolute atomic E-state index is 9.70. The van der Waals surface area contributed by atoms with Gasteiger partial charge in [-0.2, -0.15) is 0 Å². The normalized spacial score (nSPS) is 32.1. The fourth-order valence-electron chi connectivity index (χ4n) is 2.75. The van der Waals surface area contributed by atoms with E-state index in [-0.39, 0.29) is 11.6 Å². The third-order valence-corrected chi connectivity index (χ3v) is 3.81. The highest BCUT2D eigenvalue weighted by Gasteiger charge is 2.37. The molecule has 0 amide bonds. The van der Waals surface area contributed by atoms with Gasteiger partial charge in [-0.1, -0.05) is 0 Å². The van der Waals surface area contributed by atoms with Crippen LogP contribution in [-0.2, 0) is 4.74 Å². The number of aliphatic hydroxyl groups is 1. The summed E-state index contributed by atoms with van der Waals surface area (Å²) in [4.78, 5) is 4.86. The second-order valence-corrected chi connectivity index (χ2v) is 5.57. The van der Waals surface area contributed by atoms with Gasteiger partial charge >= 0.3 is 0 Å². The zero-order valence-electron chi connectivity index (χ0n) is 10.5. The number of nitrogens with zero attached hydrogens (tertiary/aromatic N) is 2. The Morgan fingerprint density at radius 2 is 1.94 bits per heavy atom. The Morgan fingerprint density at radius 1 is 1.25 bits per heavy atom. The Kier molecular flexibility index (Phi) is 3.85. The second-order valence-electron chi connectivity index (χ2n) is 5.57. The topological polar surface area (TPSA) is 35.9 Å². The van der Waals surface area contributed by atoms with Crippen molar-refractivity contribution in [1.29, 1.82) is 0 Å². The minimum Gasteiger partial charge on any atom is -0.392 e. The van der Waals surface area contributed by atoms with Crippen molar-refractivity contribution in [1.82, 2.24) is 9.80 Å². The maximum atomic E-state index is 9.70. The maximum Gasteiger partial charge on any atom is 0.0684 e. The summed E-state index contributed by atoms with van der Waals surface area (Å²) in [6.07, 6.45) is 0.760. The highest BCUT2D eigenvalue weighted by atomic mass is 16.5. The number of hydrogen-bond donors (Lipinski definition) is 1. The second kappa shape index (κ2) is 5.00. The van der Waals surface area contributed by atoms with Gasteiger partial charge in [-0.3, -0.25) is 9.80 Å². The smallest absolute Gasteiger partial charge is 0.0684 e. The molecule has 0 aromatic heterocycles. The lowest BCUT2D eigenvalue weighted by atomic mass is 10.0. The summed E-state index contributed by atoms with van der Waals surface area (Å²) in [5.74, 6) is 0. The lowest BCUT2D eigenvalue weighted by Crippen LogP contribution is -2.45. The average molecular weight is 228 g/mol. The molecule has 4 nitrogen and oxygen atoms in total. The number of β-amino-alcohol motifs (C(OH)–C–C–N with tert-alkyl or cyclic N) is 1. The van der Waals surface area contributed by atoms with Crippen LogP contribution in [0.5, 0.6) is 0 Å². The predicted molar refractivity (Wildman–Crippen MR) is 63.5 cm³/mol. The fourth-order valence-corrected chi connectivity index (χ4v) is 2.75. The fraction of sp³-hybridized carbons (Fsp3) is 1.00. The number of ether oxygens (including phenoxy) is 1. The van der Waals surface area contributed by atoms with Crippen LogP contribution in [0.4, 0.5) is 0 Å². The molecular formula is C12H24N2O2. The van der Waals surface area contributed by atoms with Gasteiger partial charge in [-0.25, -0.2) is 0 Å². The largest absolute Gasteiger partial charge is 0.392 e. The first-order chi connectivity index (χ1) is 7.58. The first-order valence-corrected chi connectivity index (χ1v) is 6.31. The molecule has 94 valence electrons. The molecular weight excluding hydrogens is 204 g/mol. The van der Waals surface area contributed by atoms with Gasteiger partial charge in [-0.05, 0) is 20.3 Å². The van der Waals surface area contributed by atoms with Crippen molar-refractivity contribution in [2.24, 2.45) is 0 Å². The molecule has 4 heteroatoms. The molecule has 1 atom stereocenters. The van der Waals surface area contributed by atoms with Crippen LogP contribution >= 0.6 is 0 Å². The van der Waals surface area contributed by atoms with E-state index in [0.29, 0.717) is 0 Å². The minimum absolute atomic E-state index is 0.139. The average Bonchev–Trinajstić information content (AvgIpc) is 2.50. The van der Waals surface area contributed by atoms with E-state index in [1.807, 2.05) is 0 Å². The Balaban J connectivity index is 1.76. The van der Waals surface area contributed by atoms with Crippen LogP contribution in [0.25, 0.3) is 0 Å². The lowest BCUT2D eigenvalue weighted by Gasteiger charge is -2.34. The van der Waals surface area contributed by atoms with E-state index in [1.54, 1.807) is 0 Å². The molecule has 2 saturated heterocycles. The third-order valence-electron chi connectivity index (χ3n) is 3.81. The van der Waals surface area contributed by atoms with Gasteiger partial charge in [0, 0.05) is 38.3 Å². The van der Waals surface area contributed by atoms with Crippen LogP contribution in [0.1, 0.15) is 20.3 Å². The minimum atomic E-state index is -0.139. The summed E-state index contributed by atoms with van der Waals surface area (Å²) in [6, 6.07) is 0. The van der Waals surface area contributed by atoms with Crippen LogP contribution in [-0.4, -0.2) is 72.5 Å². The molecule has 0 bridgehead atoms. The van der Waals surface area contributed by atoms with Crippen molar-refractivity contribution < 1.29 is 9.84 Å². The number of hydrogen-bond acceptors (Lipinski definition) is 4. The highest BCUT2D eigenvalue weighted by molar-refractivity contribution is 4.93. The van der Waals surface area contributed by atoms with Crippen LogP contribution in [0.2, 0.25) is 0 Å². The lowest BCUT2D eigenvalue weighted by molar-refractivity contribution is 0.0293. The summed E-state index contributed by atoms with van der Waals surface area (Å²) in [7, 11) is 0. The van der Waals surface area contributed by atoms with Crippen LogP contribution in [0.3, 0.4) is 0 Å². The zero-order valence-corrected chi connectivity index (χ0v) is 10.5. The van der Waals surface area contributed by atoms with Gasteiger partial charge in [0.25, 0.3) is 0 Å². The summed E-state index contributed by atoms with van der Waals surface area (Å²) in [5, 5.41) is 9.70. The quantitative estimate of drug-likeness (QED) is 0.747. The van der Waals surface area contributed by atoms with E-state index in [1.165, 1.54) is 0 Å². The van der Waals surface area contributed by atoms with Crippen molar-refractivity contribution in [2.45, 2.75) is 31.9 Å². The van der Waals surface area contributed by atoms with Crippen molar-refractivity contribution in [3.8, 4) is 0 Å². The standard InChI is InChI=1S/C12H24N2O2/c1-12(2)9-11(15)10-14(12)4-3-13-5-7-16-8-6-13/h11,15H,3-10H2,1-2H3. The van der Waals surface area contributed by atoms with E-state index in [0.717, 1.165) is 52.4 Å². The van der Waals surface area contributed by atoms with E-state index in [2.05, 4.69) is 23.6 Å². The van der Waals surface area contributed by atoms with Crippen molar-refractivity contribution in [3.63, 3.8) is 0 Å². The summed E-state index contributed by atoms with van der Waals surface area (Å²) < 4.78 is 5.33. The molecule has 2 aliphatic heterocycles. The third kappa shape index (κ3) is 2.94. The Labute approximate surface area is 98.2 Å². The van der Waals surface area contributed by atoms with Gasteiger partial charge in [0.2, 0.25) is 0 Å². The van der Waals surface area contributed by atoms with E-state index in [9.17, 15) is 5.11 Å². The van der Waals surface area contributed by atoms with E-state index < -0.39 is 0 Å². The molecule has 0 radical (unpaired) electrons. The molecule has 16 heavy (non-hydrogen) atoms. The molecule has 1 unspecified atom stereocenters. The first-order valence-electron chi connectivity index (χ1n) is 6.31. The first kappa shape index (κ1) is 12.3. The highest BCUT2D eigenvalue weighted by Crippen LogP contribution is 2.28. The molecule has 2 aliphatic rings. The Morgan fingerprint density at radius 3 is 2.50 bits per heavy atom. The van der Waals surface area contributed by atoms with Crippen molar-refractivity contribution in [3.05, 3.63) is 0 Å². The molecule has 0 aromatic carbocycles.